The van der Waals surface area contributed by atoms with Gasteiger partial charge < -0.3 is 9.47 Å². The monoisotopic (exact) mass is 245 g/mol. The topological polar surface area (TPSA) is 67.2 Å². The van der Waals surface area contributed by atoms with Crippen molar-refractivity contribution in [1.29, 1.82) is 0 Å². The third kappa shape index (κ3) is 3.34. The molecule has 1 fully saturated rings. The molecular formula is C13H15N3O2. The van der Waals surface area contributed by atoms with E-state index in [1.807, 2.05) is 36.4 Å². The van der Waals surface area contributed by atoms with Crippen LogP contribution in [0.4, 0.5) is 0 Å². The lowest BCUT2D eigenvalue weighted by atomic mass is 10.1. The highest BCUT2D eigenvalue weighted by atomic mass is 16.7. The second-order valence-electron chi connectivity index (χ2n) is 3.85. The lowest BCUT2D eigenvalue weighted by Gasteiger charge is -2.12. The van der Waals surface area contributed by atoms with Crippen molar-refractivity contribution < 1.29 is 9.47 Å². The molecule has 0 atom stereocenters. The Kier molecular flexibility index (Phi) is 4.78. The Balaban J connectivity index is 2.04. The number of hydrogen-bond acceptors (Lipinski definition) is 3. The van der Waals surface area contributed by atoms with E-state index in [4.69, 9.17) is 15.0 Å². The molecule has 5 heteroatoms. The maximum atomic E-state index is 8.17. The van der Waals surface area contributed by atoms with Gasteiger partial charge in [-0.05, 0) is 17.5 Å². The van der Waals surface area contributed by atoms with Crippen molar-refractivity contribution >= 4 is 6.08 Å². The van der Waals surface area contributed by atoms with Crippen LogP contribution in [0.5, 0.6) is 0 Å². The van der Waals surface area contributed by atoms with E-state index in [0.717, 1.165) is 17.5 Å². The van der Waals surface area contributed by atoms with Gasteiger partial charge in [-0.25, -0.2) is 0 Å². The molecule has 2 rings (SSSR count). The third-order valence-electron chi connectivity index (χ3n) is 2.63. The first-order valence-electron chi connectivity index (χ1n) is 5.91. The fourth-order valence-electron chi connectivity index (χ4n) is 1.80. The highest BCUT2D eigenvalue weighted by Crippen LogP contribution is 2.26. The van der Waals surface area contributed by atoms with E-state index < -0.39 is 0 Å². The van der Waals surface area contributed by atoms with Crippen LogP contribution >= 0.6 is 0 Å². The molecule has 0 radical (unpaired) electrons. The summed E-state index contributed by atoms with van der Waals surface area (Å²) in [7, 11) is 0. The number of azide groups is 1. The lowest BCUT2D eigenvalue weighted by molar-refractivity contribution is -0.0442. The van der Waals surface area contributed by atoms with Crippen LogP contribution in [0.3, 0.4) is 0 Å². The van der Waals surface area contributed by atoms with Crippen LogP contribution in [-0.4, -0.2) is 19.8 Å². The Morgan fingerprint density at radius 3 is 2.89 bits per heavy atom. The average Bonchev–Trinajstić information content (AvgIpc) is 2.93. The summed E-state index contributed by atoms with van der Waals surface area (Å²) in [6, 6.07) is 7.97. The first kappa shape index (κ1) is 12.6. The highest BCUT2D eigenvalue weighted by Gasteiger charge is 2.19. The minimum absolute atomic E-state index is 0.261. The molecule has 0 aromatic heterocycles. The van der Waals surface area contributed by atoms with E-state index in [1.165, 1.54) is 0 Å². The quantitative estimate of drug-likeness (QED) is 0.345. The number of hydrogen-bond donors (Lipinski definition) is 0. The first-order valence-corrected chi connectivity index (χ1v) is 5.91. The van der Waals surface area contributed by atoms with Gasteiger partial charge in [0.25, 0.3) is 0 Å². The molecule has 0 bridgehead atoms. The van der Waals surface area contributed by atoms with Crippen LogP contribution in [0, 0.1) is 0 Å². The largest absolute Gasteiger partial charge is 0.346 e. The van der Waals surface area contributed by atoms with Crippen LogP contribution in [0.2, 0.25) is 0 Å². The molecule has 0 N–H and O–H groups in total. The minimum Gasteiger partial charge on any atom is -0.346 e. The van der Waals surface area contributed by atoms with Gasteiger partial charge in [0.15, 0.2) is 6.29 Å². The summed E-state index contributed by atoms with van der Waals surface area (Å²) in [5.74, 6) is 0. The molecule has 1 aromatic carbocycles. The molecule has 0 unspecified atom stereocenters. The summed E-state index contributed by atoms with van der Waals surface area (Å²) in [5, 5.41) is 3.48. The zero-order valence-electron chi connectivity index (χ0n) is 10.0. The van der Waals surface area contributed by atoms with Gasteiger partial charge in [0.05, 0.1) is 13.2 Å². The van der Waals surface area contributed by atoms with Gasteiger partial charge in [0, 0.05) is 17.0 Å². The van der Waals surface area contributed by atoms with Crippen molar-refractivity contribution in [3.05, 3.63) is 51.9 Å². The molecule has 0 spiro atoms. The van der Waals surface area contributed by atoms with Crippen molar-refractivity contribution in [2.75, 3.05) is 19.8 Å². The standard InChI is InChI=1S/C13H15N3O2/c14-16-15-8-4-3-6-11-5-1-2-7-12(11)13-17-9-10-18-13/h1-3,5-7,13H,4,8-10H2. The summed E-state index contributed by atoms with van der Waals surface area (Å²) in [6.07, 6.45) is 4.46. The molecule has 1 aliphatic heterocycles. The third-order valence-corrected chi connectivity index (χ3v) is 2.63. The van der Waals surface area contributed by atoms with Gasteiger partial charge >= 0.3 is 0 Å². The van der Waals surface area contributed by atoms with Crippen LogP contribution < -0.4 is 0 Å². The maximum Gasteiger partial charge on any atom is 0.184 e. The van der Waals surface area contributed by atoms with E-state index >= 15 is 0 Å². The van der Waals surface area contributed by atoms with Gasteiger partial charge in [0.2, 0.25) is 0 Å². The number of rotatable bonds is 5. The fourth-order valence-corrected chi connectivity index (χ4v) is 1.80. The summed E-state index contributed by atoms with van der Waals surface area (Å²) in [6.45, 7) is 1.75. The van der Waals surface area contributed by atoms with Gasteiger partial charge in [-0.2, -0.15) is 0 Å². The molecule has 5 nitrogen and oxygen atoms in total. The molecule has 0 aliphatic carbocycles. The van der Waals surface area contributed by atoms with Crippen molar-refractivity contribution in [1.82, 2.24) is 0 Å². The van der Waals surface area contributed by atoms with Crippen molar-refractivity contribution in [3.63, 3.8) is 0 Å². The van der Waals surface area contributed by atoms with E-state index in [-0.39, 0.29) is 6.29 Å². The zero-order valence-corrected chi connectivity index (χ0v) is 10.0. The summed E-state index contributed by atoms with van der Waals surface area (Å²) in [5.41, 5.74) is 10.3. The molecule has 1 heterocycles. The molecule has 0 amide bonds. The van der Waals surface area contributed by atoms with Gasteiger partial charge in [-0.3, -0.25) is 0 Å². The van der Waals surface area contributed by atoms with Crippen LogP contribution in [0.15, 0.2) is 35.5 Å². The smallest absolute Gasteiger partial charge is 0.184 e. The summed E-state index contributed by atoms with van der Waals surface area (Å²) in [4.78, 5) is 2.71. The van der Waals surface area contributed by atoms with Crippen LogP contribution in [0.1, 0.15) is 23.8 Å². The van der Waals surface area contributed by atoms with Crippen molar-refractivity contribution in [3.8, 4) is 0 Å². The second kappa shape index (κ2) is 6.81. The van der Waals surface area contributed by atoms with E-state index in [2.05, 4.69) is 10.0 Å². The minimum atomic E-state index is -0.261. The first-order chi connectivity index (χ1) is 8.92. The lowest BCUT2D eigenvalue weighted by Crippen LogP contribution is -2.00. The Labute approximate surface area is 106 Å². The Hall–Kier alpha value is -1.81. The summed E-state index contributed by atoms with van der Waals surface area (Å²) >= 11 is 0. The number of benzene rings is 1. The van der Waals surface area contributed by atoms with Gasteiger partial charge in [0.1, 0.15) is 0 Å². The Morgan fingerprint density at radius 2 is 2.11 bits per heavy atom. The van der Waals surface area contributed by atoms with E-state index in [9.17, 15) is 0 Å². The van der Waals surface area contributed by atoms with E-state index in [0.29, 0.717) is 19.8 Å². The van der Waals surface area contributed by atoms with Gasteiger partial charge in [-0.1, -0.05) is 41.5 Å². The molecule has 18 heavy (non-hydrogen) atoms. The van der Waals surface area contributed by atoms with Crippen LogP contribution in [-0.2, 0) is 9.47 Å². The summed E-state index contributed by atoms with van der Waals surface area (Å²) < 4.78 is 11.0. The Bertz CT molecular complexity index is 461. The van der Waals surface area contributed by atoms with Crippen molar-refractivity contribution in [2.45, 2.75) is 12.7 Å². The normalized spacial score (nSPS) is 16.0. The Morgan fingerprint density at radius 1 is 1.33 bits per heavy atom. The molecular weight excluding hydrogens is 230 g/mol. The number of ether oxygens (including phenoxy) is 2. The number of nitrogens with zero attached hydrogens (tertiary/aromatic N) is 3. The zero-order chi connectivity index (χ0) is 12.6. The second-order valence-corrected chi connectivity index (χ2v) is 3.85. The highest BCUT2D eigenvalue weighted by molar-refractivity contribution is 5.54. The van der Waals surface area contributed by atoms with Crippen molar-refractivity contribution in [2.24, 2.45) is 5.11 Å². The molecule has 1 aromatic rings. The molecule has 1 aliphatic rings. The fraction of sp³-hybridized carbons (Fsp3) is 0.385. The van der Waals surface area contributed by atoms with Gasteiger partial charge in [-0.15, -0.1) is 0 Å². The van der Waals surface area contributed by atoms with E-state index in [1.54, 1.807) is 0 Å². The van der Waals surface area contributed by atoms with Crippen LogP contribution in [0.25, 0.3) is 16.5 Å². The average molecular weight is 245 g/mol. The molecule has 0 saturated carbocycles. The molecule has 94 valence electrons. The molecule has 1 saturated heterocycles. The SMILES string of the molecule is [N-]=[N+]=NCCC=Cc1ccccc1C1OCCO1. The predicted molar refractivity (Wildman–Crippen MR) is 68.8 cm³/mol. The maximum absolute atomic E-state index is 8.17. The predicted octanol–water partition coefficient (Wildman–Crippen LogP) is 3.45.